The number of hydrogen-bond donors (Lipinski definition) is 2. The van der Waals surface area contributed by atoms with E-state index in [1.165, 1.54) is 4.88 Å². The molecule has 0 atom stereocenters. The third-order valence-corrected chi connectivity index (χ3v) is 3.41. The maximum Gasteiger partial charge on any atom is 0.0931 e. The summed E-state index contributed by atoms with van der Waals surface area (Å²) in [4.78, 5) is 1.33. The van der Waals surface area contributed by atoms with E-state index in [-0.39, 0.29) is 5.54 Å². The van der Waals surface area contributed by atoms with Crippen molar-refractivity contribution in [3.05, 3.63) is 21.3 Å². The molecule has 0 radical (unpaired) electrons. The average Bonchev–Trinajstić information content (AvgIpc) is 2.49. The van der Waals surface area contributed by atoms with Crippen molar-refractivity contribution in [2.45, 2.75) is 32.2 Å². The molecule has 0 bridgehead atoms. The molecule has 3 N–H and O–H groups in total. The molecule has 1 heterocycles. The second-order valence-electron chi connectivity index (χ2n) is 4.44. The van der Waals surface area contributed by atoms with Gasteiger partial charge in [0.25, 0.3) is 0 Å². The highest BCUT2D eigenvalue weighted by molar-refractivity contribution is 7.16. The predicted molar refractivity (Wildman–Crippen MR) is 68.8 cm³/mol. The van der Waals surface area contributed by atoms with Gasteiger partial charge < -0.3 is 11.1 Å². The number of thiophene rings is 1. The lowest BCUT2D eigenvalue weighted by Crippen LogP contribution is -2.36. The van der Waals surface area contributed by atoms with Crippen LogP contribution in [0, 0.1) is 0 Å². The van der Waals surface area contributed by atoms with Gasteiger partial charge in [-0.15, -0.1) is 11.3 Å². The van der Waals surface area contributed by atoms with Gasteiger partial charge in [-0.05, 0) is 51.9 Å². The SMILES string of the molecule is CC(C)(N)CCNCCc1ccc(Cl)s1. The van der Waals surface area contributed by atoms with Crippen LogP contribution in [0.25, 0.3) is 0 Å². The minimum Gasteiger partial charge on any atom is -0.326 e. The Morgan fingerprint density at radius 1 is 1.40 bits per heavy atom. The average molecular weight is 247 g/mol. The van der Waals surface area contributed by atoms with Crippen LogP contribution >= 0.6 is 22.9 Å². The molecular formula is C11H19ClN2S. The van der Waals surface area contributed by atoms with Crippen molar-refractivity contribution in [3.63, 3.8) is 0 Å². The highest BCUT2D eigenvalue weighted by Crippen LogP contribution is 2.21. The summed E-state index contributed by atoms with van der Waals surface area (Å²) >= 11 is 7.49. The van der Waals surface area contributed by atoms with E-state index in [0.717, 1.165) is 30.3 Å². The molecule has 0 saturated carbocycles. The summed E-state index contributed by atoms with van der Waals surface area (Å²) in [5.74, 6) is 0. The summed E-state index contributed by atoms with van der Waals surface area (Å²) in [6.45, 7) is 6.07. The van der Waals surface area contributed by atoms with E-state index in [1.807, 2.05) is 19.9 Å². The van der Waals surface area contributed by atoms with Gasteiger partial charge >= 0.3 is 0 Å². The van der Waals surface area contributed by atoms with Crippen molar-refractivity contribution in [2.24, 2.45) is 5.73 Å². The van der Waals surface area contributed by atoms with Gasteiger partial charge in [0.15, 0.2) is 0 Å². The first-order chi connectivity index (χ1) is 6.97. The van der Waals surface area contributed by atoms with Crippen LogP contribution in [0.3, 0.4) is 0 Å². The normalized spacial score (nSPS) is 12.0. The van der Waals surface area contributed by atoms with Gasteiger partial charge in [0, 0.05) is 10.4 Å². The van der Waals surface area contributed by atoms with E-state index in [2.05, 4.69) is 11.4 Å². The molecule has 0 saturated heterocycles. The fourth-order valence-corrected chi connectivity index (χ4v) is 2.32. The Hall–Kier alpha value is -0.0900. The van der Waals surface area contributed by atoms with E-state index in [9.17, 15) is 0 Å². The number of rotatable bonds is 6. The smallest absolute Gasteiger partial charge is 0.0931 e. The molecule has 86 valence electrons. The number of nitrogens with one attached hydrogen (secondary N) is 1. The Bertz CT molecular complexity index is 291. The fourth-order valence-electron chi connectivity index (χ4n) is 1.23. The molecule has 1 aromatic rings. The quantitative estimate of drug-likeness (QED) is 0.758. The Balaban J connectivity index is 2.07. The molecule has 0 amide bonds. The number of halogens is 1. The molecular weight excluding hydrogens is 228 g/mol. The molecule has 0 aliphatic carbocycles. The Morgan fingerprint density at radius 3 is 2.67 bits per heavy atom. The first kappa shape index (κ1) is 13.0. The second-order valence-corrected chi connectivity index (χ2v) is 6.24. The maximum absolute atomic E-state index is 5.88. The van der Waals surface area contributed by atoms with Crippen molar-refractivity contribution >= 4 is 22.9 Å². The van der Waals surface area contributed by atoms with E-state index < -0.39 is 0 Å². The largest absolute Gasteiger partial charge is 0.326 e. The zero-order chi connectivity index (χ0) is 11.3. The van der Waals surface area contributed by atoms with Crippen molar-refractivity contribution in [1.29, 1.82) is 0 Å². The first-order valence-corrected chi connectivity index (χ1v) is 6.41. The third kappa shape index (κ3) is 6.15. The van der Waals surface area contributed by atoms with Crippen LogP contribution in [0.5, 0.6) is 0 Å². The van der Waals surface area contributed by atoms with Crippen LogP contribution < -0.4 is 11.1 Å². The van der Waals surface area contributed by atoms with Crippen molar-refractivity contribution in [1.82, 2.24) is 5.32 Å². The highest BCUT2D eigenvalue weighted by atomic mass is 35.5. The Morgan fingerprint density at radius 2 is 2.13 bits per heavy atom. The number of hydrogen-bond acceptors (Lipinski definition) is 3. The monoisotopic (exact) mass is 246 g/mol. The molecule has 1 aromatic heterocycles. The molecule has 15 heavy (non-hydrogen) atoms. The molecule has 2 nitrogen and oxygen atoms in total. The van der Waals surface area contributed by atoms with E-state index in [4.69, 9.17) is 17.3 Å². The minimum atomic E-state index is -0.0702. The van der Waals surface area contributed by atoms with E-state index in [1.54, 1.807) is 11.3 Å². The van der Waals surface area contributed by atoms with Crippen LogP contribution in [-0.4, -0.2) is 18.6 Å². The standard InChI is InChI=1S/C11H19ClN2S/c1-11(2,13)6-8-14-7-5-9-3-4-10(12)15-9/h3-4,14H,5-8,13H2,1-2H3. The van der Waals surface area contributed by atoms with Crippen molar-refractivity contribution < 1.29 is 0 Å². The fraction of sp³-hybridized carbons (Fsp3) is 0.636. The summed E-state index contributed by atoms with van der Waals surface area (Å²) in [6.07, 6.45) is 2.04. The summed E-state index contributed by atoms with van der Waals surface area (Å²) < 4.78 is 0.869. The topological polar surface area (TPSA) is 38.0 Å². The molecule has 0 aliphatic rings. The van der Waals surface area contributed by atoms with Crippen LogP contribution in [0.15, 0.2) is 12.1 Å². The lowest BCUT2D eigenvalue weighted by molar-refractivity contribution is 0.456. The molecule has 0 unspecified atom stereocenters. The van der Waals surface area contributed by atoms with Crippen molar-refractivity contribution in [3.8, 4) is 0 Å². The lowest BCUT2D eigenvalue weighted by Gasteiger charge is -2.18. The minimum absolute atomic E-state index is 0.0702. The number of nitrogens with two attached hydrogens (primary N) is 1. The third-order valence-electron chi connectivity index (χ3n) is 2.12. The Kier molecular flexibility index (Phi) is 5.06. The second kappa shape index (κ2) is 5.85. The van der Waals surface area contributed by atoms with Crippen LogP contribution in [0.2, 0.25) is 4.34 Å². The summed E-state index contributed by atoms with van der Waals surface area (Å²) in [7, 11) is 0. The molecule has 0 spiro atoms. The molecule has 1 rings (SSSR count). The van der Waals surface area contributed by atoms with E-state index >= 15 is 0 Å². The molecule has 0 aliphatic heterocycles. The molecule has 4 heteroatoms. The van der Waals surface area contributed by atoms with Gasteiger partial charge in [0.1, 0.15) is 0 Å². The summed E-state index contributed by atoms with van der Waals surface area (Å²) in [5.41, 5.74) is 5.81. The summed E-state index contributed by atoms with van der Waals surface area (Å²) in [5, 5.41) is 3.38. The van der Waals surface area contributed by atoms with Gasteiger partial charge in [0.2, 0.25) is 0 Å². The van der Waals surface area contributed by atoms with Crippen LogP contribution in [-0.2, 0) is 6.42 Å². The van der Waals surface area contributed by atoms with Gasteiger partial charge in [0.05, 0.1) is 4.34 Å². The highest BCUT2D eigenvalue weighted by Gasteiger charge is 2.08. The van der Waals surface area contributed by atoms with Crippen molar-refractivity contribution in [2.75, 3.05) is 13.1 Å². The van der Waals surface area contributed by atoms with Gasteiger partial charge in [-0.1, -0.05) is 11.6 Å². The van der Waals surface area contributed by atoms with E-state index in [0.29, 0.717) is 0 Å². The zero-order valence-electron chi connectivity index (χ0n) is 9.35. The Labute approximate surface area is 101 Å². The first-order valence-electron chi connectivity index (χ1n) is 5.21. The van der Waals surface area contributed by atoms with Gasteiger partial charge in [-0.2, -0.15) is 0 Å². The van der Waals surface area contributed by atoms with Gasteiger partial charge in [-0.3, -0.25) is 0 Å². The lowest BCUT2D eigenvalue weighted by atomic mass is 10.0. The van der Waals surface area contributed by atoms with Crippen LogP contribution in [0.1, 0.15) is 25.1 Å². The zero-order valence-corrected chi connectivity index (χ0v) is 10.9. The summed E-state index contributed by atoms with van der Waals surface area (Å²) in [6, 6.07) is 4.03. The molecule has 0 aromatic carbocycles. The molecule has 0 fully saturated rings. The van der Waals surface area contributed by atoms with Gasteiger partial charge in [-0.25, -0.2) is 0 Å². The van der Waals surface area contributed by atoms with Crippen LogP contribution in [0.4, 0.5) is 0 Å². The maximum atomic E-state index is 5.88. The predicted octanol–water partition coefficient (Wildman–Crippen LogP) is 2.66.